The van der Waals surface area contributed by atoms with Gasteiger partial charge in [-0.15, -0.1) is 45.3 Å². The monoisotopic (exact) mass is 1120 g/mol. The molecule has 0 amide bonds. The Bertz CT molecular complexity index is 4930. The Morgan fingerprint density at radius 1 is 0.232 bits per heavy atom. The Kier molecular flexibility index (Phi) is 11.6. The number of hydrogen-bond donors (Lipinski definition) is 0. The van der Waals surface area contributed by atoms with Gasteiger partial charge in [0.15, 0.2) is 0 Å². The lowest BCUT2D eigenvalue weighted by Crippen LogP contribution is -2.14. The average Bonchev–Trinajstić information content (AvgIpc) is 3.78. The number of rotatable bonds is 9. The Morgan fingerprint density at radius 2 is 0.573 bits per heavy atom. The molecule has 0 aliphatic heterocycles. The van der Waals surface area contributed by atoms with Crippen LogP contribution in [0.3, 0.4) is 0 Å². The van der Waals surface area contributed by atoms with Gasteiger partial charge in [0.05, 0.1) is 32.1 Å². The van der Waals surface area contributed by atoms with Crippen molar-refractivity contribution in [3.8, 4) is 33.4 Å². The highest BCUT2D eigenvalue weighted by molar-refractivity contribution is 7.27. The van der Waals surface area contributed by atoms with Gasteiger partial charge in [0.25, 0.3) is 0 Å². The largest absolute Gasteiger partial charge is 0.308 e. The lowest BCUT2D eigenvalue weighted by atomic mass is 9.95. The first-order valence-electron chi connectivity index (χ1n) is 28.0. The molecule has 82 heavy (non-hydrogen) atoms. The zero-order valence-corrected chi connectivity index (χ0v) is 48.9. The van der Waals surface area contributed by atoms with Gasteiger partial charge in [-0.25, -0.2) is 0 Å². The van der Waals surface area contributed by atoms with Crippen molar-refractivity contribution in [3.05, 3.63) is 265 Å². The minimum absolute atomic E-state index is 1.16. The van der Waals surface area contributed by atoms with E-state index in [4.69, 9.17) is 0 Å². The summed E-state index contributed by atoms with van der Waals surface area (Å²) in [6.45, 7) is 9.14. The van der Waals surface area contributed by atoms with E-state index in [1.165, 1.54) is 159 Å². The fraction of sp³-hybridized carbons (Fsp3) is 0.0526. The van der Waals surface area contributed by atoms with E-state index < -0.39 is 0 Å². The topological polar surface area (TPSA) is 6.48 Å². The minimum Gasteiger partial charge on any atom is -0.308 e. The maximum atomic E-state index is 2.57. The second kappa shape index (κ2) is 19.4. The highest BCUT2D eigenvalue weighted by Crippen LogP contribution is 2.53. The first kappa shape index (κ1) is 49.0. The van der Waals surface area contributed by atoms with Crippen molar-refractivity contribution in [2.45, 2.75) is 27.7 Å². The summed E-state index contributed by atoms with van der Waals surface area (Å²) in [5, 5.41) is 10.4. The van der Waals surface area contributed by atoms with Gasteiger partial charge in [-0.1, -0.05) is 158 Å². The van der Waals surface area contributed by atoms with E-state index in [9.17, 15) is 0 Å². The molecular formula is C76H52N2S4. The number of aryl methyl sites for hydroxylation is 4. The number of hydrogen-bond acceptors (Lipinski definition) is 6. The lowest BCUT2D eigenvalue weighted by molar-refractivity contribution is 1.23. The van der Waals surface area contributed by atoms with Crippen LogP contribution in [-0.4, -0.2) is 0 Å². The van der Waals surface area contributed by atoms with Gasteiger partial charge in [0.1, 0.15) is 0 Å². The summed E-state index contributed by atoms with van der Waals surface area (Å²) >= 11 is 7.51. The fourth-order valence-corrected chi connectivity index (χ4v) is 17.5. The van der Waals surface area contributed by atoms with E-state index in [-0.39, 0.29) is 0 Å². The summed E-state index contributed by atoms with van der Waals surface area (Å²) in [5.41, 5.74) is 19.1. The summed E-state index contributed by atoms with van der Waals surface area (Å²) in [4.78, 5) is 5.13. The van der Waals surface area contributed by atoms with Crippen LogP contribution in [0.25, 0.3) is 114 Å². The second-order valence-corrected chi connectivity index (χ2v) is 26.0. The van der Waals surface area contributed by atoms with Crippen molar-refractivity contribution in [2.75, 3.05) is 9.80 Å². The summed E-state index contributed by atoms with van der Waals surface area (Å²) in [6, 6.07) is 91.1. The van der Waals surface area contributed by atoms with E-state index in [1.807, 2.05) is 45.3 Å². The van der Waals surface area contributed by atoms with Crippen LogP contribution in [-0.2, 0) is 0 Å². The summed E-state index contributed by atoms with van der Waals surface area (Å²) in [6.07, 6.45) is 0. The predicted octanol–water partition coefficient (Wildman–Crippen LogP) is 24.3. The van der Waals surface area contributed by atoms with Gasteiger partial charge in [0.2, 0.25) is 0 Å². The summed E-state index contributed by atoms with van der Waals surface area (Å²) in [5.74, 6) is 0. The fourth-order valence-electron chi connectivity index (χ4n) is 12.9. The molecule has 4 aromatic heterocycles. The first-order valence-corrected chi connectivity index (χ1v) is 31.2. The average molecular weight is 1120 g/mol. The third-order valence-corrected chi connectivity index (χ3v) is 21.5. The van der Waals surface area contributed by atoms with Crippen molar-refractivity contribution < 1.29 is 0 Å². The molecule has 0 saturated carbocycles. The Morgan fingerprint density at radius 3 is 0.988 bits per heavy atom. The molecule has 16 aromatic rings. The maximum Gasteiger partial charge on any atom is 0.0640 e. The first-order chi connectivity index (χ1) is 40.3. The molecule has 4 heterocycles. The third-order valence-electron chi connectivity index (χ3n) is 16.8. The zero-order valence-electron chi connectivity index (χ0n) is 45.6. The van der Waals surface area contributed by atoms with Crippen molar-refractivity contribution in [1.82, 2.24) is 0 Å². The smallest absolute Gasteiger partial charge is 0.0640 e. The van der Waals surface area contributed by atoms with Gasteiger partial charge >= 0.3 is 0 Å². The van der Waals surface area contributed by atoms with Gasteiger partial charge in [-0.05, 0) is 157 Å². The number of para-hydroxylation sites is 2. The SMILES string of the molecule is Cc1cc(-c2ccc(N(c3c(C)cccc3-c3ccc4sc5ccccc5c4c3)c3cccc4c3sc3ccccc34)c(C)c2)ccc1N(c1c(C)cccc1-c1ccc2sc3ccccc3c2c1)c1cccc2c1sc1ccccc12. The van der Waals surface area contributed by atoms with E-state index in [1.54, 1.807) is 0 Å². The molecule has 0 aliphatic rings. The van der Waals surface area contributed by atoms with Crippen LogP contribution in [0.15, 0.2) is 243 Å². The molecule has 6 heteroatoms. The van der Waals surface area contributed by atoms with Crippen LogP contribution in [0.4, 0.5) is 34.1 Å². The quantitative estimate of drug-likeness (QED) is 0.142. The van der Waals surface area contributed by atoms with Gasteiger partial charge in [0, 0.05) is 93.8 Å². The van der Waals surface area contributed by atoms with Gasteiger partial charge in [-0.2, -0.15) is 0 Å². The molecule has 0 bridgehead atoms. The summed E-state index contributed by atoms with van der Waals surface area (Å²) < 4.78 is 10.4. The minimum atomic E-state index is 1.16. The third kappa shape index (κ3) is 7.85. The predicted molar refractivity (Wildman–Crippen MR) is 363 cm³/mol. The van der Waals surface area contributed by atoms with Crippen LogP contribution in [0.2, 0.25) is 0 Å². The number of fused-ring (bicyclic) bond motifs is 12. The normalized spacial score (nSPS) is 11.9. The maximum absolute atomic E-state index is 2.57. The summed E-state index contributed by atoms with van der Waals surface area (Å²) in [7, 11) is 0. The molecular weight excluding hydrogens is 1070 g/mol. The van der Waals surface area contributed by atoms with Crippen LogP contribution >= 0.6 is 45.3 Å². The molecule has 0 atom stereocenters. The molecule has 0 N–H and O–H groups in total. The van der Waals surface area contributed by atoms with Crippen LogP contribution in [0.1, 0.15) is 22.3 Å². The Balaban J connectivity index is 0.855. The lowest BCUT2D eigenvalue weighted by Gasteiger charge is -2.32. The highest BCUT2D eigenvalue weighted by atomic mass is 32.1. The van der Waals surface area contributed by atoms with Crippen LogP contribution in [0.5, 0.6) is 0 Å². The van der Waals surface area contributed by atoms with Crippen molar-refractivity contribution in [2.24, 2.45) is 0 Å². The van der Waals surface area contributed by atoms with Crippen LogP contribution < -0.4 is 9.80 Å². The van der Waals surface area contributed by atoms with E-state index in [0.29, 0.717) is 0 Å². The van der Waals surface area contributed by atoms with E-state index in [2.05, 4.69) is 280 Å². The highest BCUT2D eigenvalue weighted by Gasteiger charge is 2.27. The molecule has 12 aromatic carbocycles. The number of anilines is 6. The van der Waals surface area contributed by atoms with Gasteiger partial charge < -0.3 is 9.80 Å². The standard InChI is InChI=1S/C76H52N2S4/c1-45-17-13-23-53(51-35-39-71-61(43-51)57-21-7-9-29-67(57)79-71)73(45)77(65-27-15-25-59-55-19-5-11-31-69(55)81-75(59)65)63-37-33-49(41-47(63)3)50-34-38-64(48(4)42-50)78(66-28-16-26-60-56-20-6-12-32-70(56)82-76(60)66)74-46(2)18-14-24-54(74)52-36-40-72-62(44-52)58-22-8-10-30-68(58)80-72/h5-44H,1-4H3. The molecule has 0 unspecified atom stereocenters. The second-order valence-electron chi connectivity index (χ2n) is 21.7. The number of benzene rings is 12. The molecule has 390 valence electrons. The molecule has 0 spiro atoms. The van der Waals surface area contributed by atoms with Crippen molar-refractivity contribution in [3.63, 3.8) is 0 Å². The molecule has 16 rings (SSSR count). The van der Waals surface area contributed by atoms with E-state index >= 15 is 0 Å². The molecule has 0 fully saturated rings. The molecule has 2 nitrogen and oxygen atoms in total. The Labute approximate surface area is 492 Å². The van der Waals surface area contributed by atoms with E-state index in [0.717, 1.165) is 11.4 Å². The van der Waals surface area contributed by atoms with Gasteiger partial charge in [-0.3, -0.25) is 0 Å². The number of thiophene rings is 4. The molecule has 0 aliphatic carbocycles. The Hall–Kier alpha value is -8.88. The zero-order chi connectivity index (χ0) is 54.7. The molecule has 0 radical (unpaired) electrons. The number of nitrogens with zero attached hydrogens (tertiary/aromatic N) is 2. The van der Waals surface area contributed by atoms with Crippen molar-refractivity contribution in [1.29, 1.82) is 0 Å². The van der Waals surface area contributed by atoms with Crippen LogP contribution in [0, 0.1) is 27.7 Å². The molecule has 0 saturated heterocycles. The van der Waals surface area contributed by atoms with Crippen molar-refractivity contribution >= 4 is 160 Å².